The van der Waals surface area contributed by atoms with Gasteiger partial charge in [0.25, 0.3) is 0 Å². The summed E-state index contributed by atoms with van der Waals surface area (Å²) < 4.78 is 5.61. The molecule has 0 heterocycles. The predicted molar refractivity (Wildman–Crippen MR) is 81.0 cm³/mol. The minimum Gasteiger partial charge on any atom is -0.490 e. The van der Waals surface area contributed by atoms with Crippen molar-refractivity contribution in [3.8, 4) is 5.75 Å². The molecule has 0 aliphatic rings. The third-order valence-corrected chi connectivity index (χ3v) is 2.57. The number of nitrogens with one attached hydrogen (secondary N) is 1. The first kappa shape index (κ1) is 17.0. The molecule has 0 bridgehead atoms. The zero-order valence-electron chi connectivity index (χ0n) is 11.5. The van der Waals surface area contributed by atoms with Gasteiger partial charge in [-0.05, 0) is 30.2 Å². The number of hydrogen-bond donors (Lipinski definition) is 1. The second kappa shape index (κ2) is 9.98. The highest BCUT2D eigenvalue weighted by Crippen LogP contribution is 2.18. The van der Waals surface area contributed by atoms with Crippen molar-refractivity contribution in [2.24, 2.45) is 0 Å². The molecular weight excluding hydrogens is 246 g/mol. The monoisotopic (exact) mass is 269 g/mol. The van der Waals surface area contributed by atoms with Gasteiger partial charge in [0, 0.05) is 6.54 Å². The van der Waals surface area contributed by atoms with E-state index in [2.05, 4.69) is 44.3 Å². The minimum absolute atomic E-state index is 0. The van der Waals surface area contributed by atoms with Crippen molar-refractivity contribution >= 4 is 12.4 Å². The molecule has 0 saturated carbocycles. The number of hydrogen-bond acceptors (Lipinski definition) is 2. The quantitative estimate of drug-likeness (QED) is 0.601. The van der Waals surface area contributed by atoms with Crippen molar-refractivity contribution in [1.29, 1.82) is 0 Å². The number of halogens is 1. The van der Waals surface area contributed by atoms with Gasteiger partial charge in [-0.2, -0.15) is 0 Å². The van der Waals surface area contributed by atoms with E-state index in [0.717, 1.165) is 18.8 Å². The first-order valence-corrected chi connectivity index (χ1v) is 6.32. The average Bonchev–Trinajstić information content (AvgIpc) is 2.34. The molecule has 0 aliphatic carbocycles. The van der Waals surface area contributed by atoms with Gasteiger partial charge in [0.2, 0.25) is 0 Å². The van der Waals surface area contributed by atoms with Crippen molar-refractivity contribution in [1.82, 2.24) is 5.32 Å². The van der Waals surface area contributed by atoms with Crippen molar-refractivity contribution in [3.05, 3.63) is 42.0 Å². The summed E-state index contributed by atoms with van der Waals surface area (Å²) >= 11 is 0. The predicted octanol–water partition coefficient (Wildman–Crippen LogP) is 3.78. The molecule has 1 rings (SSSR count). The summed E-state index contributed by atoms with van der Waals surface area (Å²) in [6, 6.07) is 8.33. The van der Waals surface area contributed by atoms with Gasteiger partial charge < -0.3 is 10.1 Å². The molecule has 1 aromatic rings. The average molecular weight is 270 g/mol. The molecule has 1 aromatic carbocycles. The van der Waals surface area contributed by atoms with E-state index in [9.17, 15) is 0 Å². The molecule has 18 heavy (non-hydrogen) atoms. The lowest BCUT2D eigenvalue weighted by Crippen LogP contribution is -2.11. The van der Waals surface area contributed by atoms with E-state index < -0.39 is 0 Å². The summed E-state index contributed by atoms with van der Waals surface area (Å²) in [5.74, 6) is 1.51. The molecule has 0 amide bonds. The highest BCUT2D eigenvalue weighted by atomic mass is 35.5. The smallest absolute Gasteiger partial charge is 0.119 e. The van der Waals surface area contributed by atoms with E-state index in [1.54, 1.807) is 0 Å². The Morgan fingerprint density at radius 2 is 1.83 bits per heavy atom. The zero-order valence-corrected chi connectivity index (χ0v) is 12.3. The normalized spacial score (nSPS) is 10.7. The molecule has 0 spiro atoms. The van der Waals surface area contributed by atoms with Crippen molar-refractivity contribution < 1.29 is 4.74 Å². The Labute approximate surface area is 117 Å². The van der Waals surface area contributed by atoms with Crippen LogP contribution in [0.1, 0.15) is 32.3 Å². The van der Waals surface area contributed by atoms with E-state index in [0.29, 0.717) is 12.5 Å². The third kappa shape index (κ3) is 6.67. The number of benzene rings is 1. The van der Waals surface area contributed by atoms with Gasteiger partial charge in [-0.3, -0.25) is 0 Å². The maximum Gasteiger partial charge on any atom is 0.119 e. The van der Waals surface area contributed by atoms with E-state index in [1.807, 2.05) is 18.2 Å². The Balaban J connectivity index is 0.00000289. The molecule has 0 radical (unpaired) electrons. The van der Waals surface area contributed by atoms with Crippen LogP contribution < -0.4 is 10.1 Å². The van der Waals surface area contributed by atoms with Gasteiger partial charge in [-0.25, -0.2) is 0 Å². The van der Waals surface area contributed by atoms with E-state index in [1.165, 1.54) is 5.56 Å². The summed E-state index contributed by atoms with van der Waals surface area (Å²) in [4.78, 5) is 0. The molecule has 0 aromatic heterocycles. The number of likely N-dealkylation sites (N-methyl/N-ethyl adjacent to an activating group) is 1. The zero-order chi connectivity index (χ0) is 12.5. The second-order valence-corrected chi connectivity index (χ2v) is 4.31. The Kier molecular flexibility index (Phi) is 9.43. The van der Waals surface area contributed by atoms with Crippen LogP contribution in [0.15, 0.2) is 36.4 Å². The molecule has 2 nitrogen and oxygen atoms in total. The van der Waals surface area contributed by atoms with Crippen molar-refractivity contribution in [2.75, 3.05) is 19.7 Å². The molecule has 3 heteroatoms. The Bertz CT molecular complexity index is 333. The maximum atomic E-state index is 5.61. The van der Waals surface area contributed by atoms with Crippen LogP contribution in [0, 0.1) is 0 Å². The molecule has 102 valence electrons. The molecular formula is C15H24ClNO. The van der Waals surface area contributed by atoms with Crippen LogP contribution >= 0.6 is 12.4 Å². The summed E-state index contributed by atoms with van der Waals surface area (Å²) in [5, 5.41) is 3.22. The van der Waals surface area contributed by atoms with Gasteiger partial charge in [-0.1, -0.05) is 45.1 Å². The largest absolute Gasteiger partial charge is 0.490 e. The fourth-order valence-corrected chi connectivity index (χ4v) is 1.47. The summed E-state index contributed by atoms with van der Waals surface area (Å²) in [7, 11) is 0. The van der Waals surface area contributed by atoms with E-state index in [-0.39, 0.29) is 12.4 Å². The first-order chi connectivity index (χ1) is 8.24. The first-order valence-electron chi connectivity index (χ1n) is 6.32. The summed E-state index contributed by atoms with van der Waals surface area (Å²) in [6.07, 6.45) is 4.13. The highest BCUT2D eigenvalue weighted by molar-refractivity contribution is 5.85. The Morgan fingerprint density at radius 3 is 2.39 bits per heavy atom. The van der Waals surface area contributed by atoms with Crippen LogP contribution in [0.5, 0.6) is 5.75 Å². The molecule has 0 aliphatic heterocycles. The lowest BCUT2D eigenvalue weighted by Gasteiger charge is -2.07. The lowest BCUT2D eigenvalue weighted by atomic mass is 10.0. The van der Waals surface area contributed by atoms with Crippen molar-refractivity contribution in [2.45, 2.75) is 26.7 Å². The van der Waals surface area contributed by atoms with E-state index in [4.69, 9.17) is 4.74 Å². The van der Waals surface area contributed by atoms with Crippen LogP contribution in [-0.2, 0) is 0 Å². The molecule has 0 saturated heterocycles. The van der Waals surface area contributed by atoms with E-state index >= 15 is 0 Å². The fraction of sp³-hybridized carbons (Fsp3) is 0.467. The van der Waals surface area contributed by atoms with Crippen molar-refractivity contribution in [3.63, 3.8) is 0 Å². The second-order valence-electron chi connectivity index (χ2n) is 4.31. The maximum absolute atomic E-state index is 5.61. The Hall–Kier alpha value is -0.990. The van der Waals surface area contributed by atoms with Crippen LogP contribution in [0.3, 0.4) is 0 Å². The highest BCUT2D eigenvalue weighted by Gasteiger charge is 1.98. The summed E-state index contributed by atoms with van der Waals surface area (Å²) in [6.45, 7) is 9.03. The van der Waals surface area contributed by atoms with Gasteiger partial charge in [-0.15, -0.1) is 12.4 Å². The number of rotatable bonds is 7. The fourth-order valence-electron chi connectivity index (χ4n) is 1.47. The standard InChI is InChI=1S/C15H23NO.ClH/c1-4-16-11-5-6-12-17-15-9-7-14(8-10-15)13(2)3;/h5-10,13,16H,4,11-12H2,1-3H3;1H. The lowest BCUT2D eigenvalue weighted by molar-refractivity contribution is 0.362. The summed E-state index contributed by atoms with van der Waals surface area (Å²) in [5.41, 5.74) is 1.35. The third-order valence-electron chi connectivity index (χ3n) is 2.57. The van der Waals surface area contributed by atoms with Crippen LogP contribution in [0.2, 0.25) is 0 Å². The molecule has 1 N–H and O–H groups in total. The minimum atomic E-state index is 0. The van der Waals surface area contributed by atoms with Gasteiger partial charge in [0.1, 0.15) is 12.4 Å². The van der Waals surface area contributed by atoms with Crippen LogP contribution in [0.4, 0.5) is 0 Å². The molecule has 0 unspecified atom stereocenters. The molecule has 0 atom stereocenters. The van der Waals surface area contributed by atoms with Gasteiger partial charge in [0.05, 0.1) is 0 Å². The van der Waals surface area contributed by atoms with Gasteiger partial charge in [0.15, 0.2) is 0 Å². The van der Waals surface area contributed by atoms with Crippen LogP contribution in [0.25, 0.3) is 0 Å². The number of ether oxygens (including phenoxy) is 1. The Morgan fingerprint density at radius 1 is 1.17 bits per heavy atom. The van der Waals surface area contributed by atoms with Gasteiger partial charge >= 0.3 is 0 Å². The van der Waals surface area contributed by atoms with Crippen LogP contribution in [-0.4, -0.2) is 19.7 Å². The molecule has 0 fully saturated rings. The SMILES string of the molecule is CCNCC=CCOc1ccc(C(C)C)cc1.Cl. The topological polar surface area (TPSA) is 21.3 Å².